The fraction of sp³-hybridized carbons (Fsp3) is 0.348. The van der Waals surface area contributed by atoms with Crippen LogP contribution < -0.4 is 19.7 Å². The van der Waals surface area contributed by atoms with E-state index >= 15 is 8.78 Å². The van der Waals surface area contributed by atoms with Gasteiger partial charge in [0.15, 0.2) is 5.82 Å². The van der Waals surface area contributed by atoms with E-state index < -0.39 is 51.1 Å². The molecule has 14 nitrogen and oxygen atoms in total. The minimum atomic E-state index is -4.35. The quantitative estimate of drug-likeness (QED) is 0.0876. The second-order valence-electron chi connectivity index (χ2n) is 16.6. The highest BCUT2D eigenvalue weighted by atomic mass is 32.2. The standard InChI is InChI=1S/C46H47F3N8O6S/c1-28-4-13-40(45(59)52-28)57-26-31-22-33(7-10-35(31)46(57)60)55-19-17-54(18-20-55)15-2-3-21-63-34-8-5-29(6-9-34)30-23-36-37(25-51-44(36)50-24-30)43(58)41-38(48)11-12-39(42(41)49)53-64(61,62)56-16-14-32(47)27-56/h5-12,22-25,32,40,53H,1-4,13-21,26-27H2,(H,50,51)(H,52,59)/t32-,40?/m1/s1. The smallest absolute Gasteiger partial charge is 0.301 e. The van der Waals surface area contributed by atoms with Gasteiger partial charge in [-0.2, -0.15) is 12.7 Å². The summed E-state index contributed by atoms with van der Waals surface area (Å²) in [6, 6.07) is 16.3. The lowest BCUT2D eigenvalue weighted by molar-refractivity contribution is -0.126. The van der Waals surface area contributed by atoms with Crippen LogP contribution in [0.5, 0.6) is 5.75 Å². The molecule has 0 aliphatic carbocycles. The summed E-state index contributed by atoms with van der Waals surface area (Å²) in [6.45, 7) is 8.86. The molecule has 4 aliphatic rings. The van der Waals surface area contributed by atoms with Crippen molar-refractivity contribution in [2.45, 2.75) is 50.9 Å². The van der Waals surface area contributed by atoms with Crippen molar-refractivity contribution in [1.29, 1.82) is 0 Å². The first-order valence-electron chi connectivity index (χ1n) is 21.4. The number of pyridine rings is 1. The van der Waals surface area contributed by atoms with Gasteiger partial charge in [0.25, 0.3) is 5.91 Å². The first-order chi connectivity index (χ1) is 30.8. The molecular formula is C46H47F3N8O6S. The molecular weight excluding hydrogens is 850 g/mol. The zero-order valence-electron chi connectivity index (χ0n) is 34.9. The average molecular weight is 897 g/mol. The number of rotatable bonds is 14. The topological polar surface area (TPSA) is 160 Å². The van der Waals surface area contributed by atoms with E-state index in [2.05, 4.69) is 37.7 Å². The van der Waals surface area contributed by atoms with Gasteiger partial charge >= 0.3 is 10.2 Å². The van der Waals surface area contributed by atoms with Gasteiger partial charge in [-0.05, 0) is 98.3 Å². The number of halogens is 3. The summed E-state index contributed by atoms with van der Waals surface area (Å²) >= 11 is 0. The molecule has 0 bridgehead atoms. The molecule has 2 aromatic heterocycles. The van der Waals surface area contributed by atoms with E-state index in [4.69, 9.17) is 4.74 Å². The van der Waals surface area contributed by atoms with Crippen molar-refractivity contribution in [1.82, 2.24) is 29.4 Å². The highest BCUT2D eigenvalue weighted by Crippen LogP contribution is 2.33. The van der Waals surface area contributed by atoms with Crippen LogP contribution in [0.25, 0.3) is 22.2 Å². The Hall–Kier alpha value is -6.24. The SMILES string of the molecule is C=C1CCC(N2Cc3cc(N4CCN(CCCCOc5ccc(-c6cnc7[nH]cc(C(=O)c8c(F)ccc(NS(=O)(=O)N9CC[C@@H](F)C9)c8F)c7c6)cc5)CC4)ccc3C2=O)C(=O)N1. The minimum absolute atomic E-state index is 0.00177. The number of ketones is 1. The Morgan fingerprint density at radius 2 is 1.75 bits per heavy atom. The van der Waals surface area contributed by atoms with Crippen LogP contribution in [0.15, 0.2) is 85.3 Å². The number of amides is 2. The van der Waals surface area contributed by atoms with Gasteiger partial charge < -0.3 is 24.8 Å². The summed E-state index contributed by atoms with van der Waals surface area (Å²) in [4.78, 5) is 53.2. The number of benzene rings is 3. The minimum Gasteiger partial charge on any atom is -0.494 e. The van der Waals surface area contributed by atoms with Gasteiger partial charge in [-0.15, -0.1) is 0 Å². The summed E-state index contributed by atoms with van der Waals surface area (Å²) in [5.41, 5.74) is 3.48. The number of aromatic nitrogens is 2. The molecule has 2 atom stereocenters. The second-order valence-corrected chi connectivity index (χ2v) is 18.3. The lowest BCUT2D eigenvalue weighted by Crippen LogP contribution is -2.49. The van der Waals surface area contributed by atoms with E-state index in [1.54, 1.807) is 17.2 Å². The number of allylic oxidation sites excluding steroid dienone is 1. The largest absolute Gasteiger partial charge is 0.494 e. The van der Waals surface area contributed by atoms with Crippen molar-refractivity contribution in [2.24, 2.45) is 0 Å². The number of aromatic amines is 1. The van der Waals surface area contributed by atoms with Crippen molar-refractivity contribution < 1.29 is 40.7 Å². The number of nitrogens with zero attached hydrogens (tertiary/aromatic N) is 5. The highest BCUT2D eigenvalue weighted by molar-refractivity contribution is 7.90. The Morgan fingerprint density at radius 1 is 0.953 bits per heavy atom. The number of fused-ring (bicyclic) bond motifs is 2. The van der Waals surface area contributed by atoms with Crippen molar-refractivity contribution in [3.8, 4) is 16.9 Å². The number of carbonyl (C=O) groups is 3. The molecule has 0 radical (unpaired) electrons. The molecule has 3 aromatic carbocycles. The van der Waals surface area contributed by atoms with Crippen molar-refractivity contribution in [3.05, 3.63) is 119 Å². The predicted octanol–water partition coefficient (Wildman–Crippen LogP) is 6.17. The van der Waals surface area contributed by atoms with E-state index in [1.807, 2.05) is 41.1 Å². The molecule has 18 heteroatoms. The van der Waals surface area contributed by atoms with Crippen LogP contribution >= 0.6 is 0 Å². The first kappa shape index (κ1) is 43.0. The molecule has 6 heterocycles. The van der Waals surface area contributed by atoms with Crippen LogP contribution in [0.2, 0.25) is 0 Å². The maximum atomic E-state index is 15.7. The van der Waals surface area contributed by atoms with Gasteiger partial charge in [0.2, 0.25) is 11.7 Å². The lowest BCUT2D eigenvalue weighted by Gasteiger charge is -2.36. The summed E-state index contributed by atoms with van der Waals surface area (Å²) in [5, 5.41) is 3.10. The third-order valence-electron chi connectivity index (χ3n) is 12.4. The summed E-state index contributed by atoms with van der Waals surface area (Å²) in [5.74, 6) is -3.15. The van der Waals surface area contributed by atoms with Crippen LogP contribution in [-0.2, 0) is 21.5 Å². The molecule has 0 spiro atoms. The van der Waals surface area contributed by atoms with Crippen molar-refractivity contribution in [2.75, 3.05) is 62.0 Å². The van der Waals surface area contributed by atoms with E-state index in [9.17, 15) is 27.2 Å². The monoisotopic (exact) mass is 896 g/mol. The Kier molecular flexibility index (Phi) is 11.9. The molecule has 64 heavy (non-hydrogen) atoms. The van der Waals surface area contributed by atoms with Crippen LogP contribution in [0.1, 0.15) is 63.9 Å². The molecule has 0 saturated carbocycles. The molecule has 2 amide bonds. The number of piperidine rings is 1. The van der Waals surface area contributed by atoms with E-state index in [0.29, 0.717) is 59.6 Å². The zero-order valence-corrected chi connectivity index (χ0v) is 35.7. The number of unbranched alkanes of at least 4 members (excludes halogenated alkanes) is 1. The number of anilines is 2. The van der Waals surface area contributed by atoms with Crippen LogP contribution in [0.3, 0.4) is 0 Å². The maximum absolute atomic E-state index is 15.7. The Balaban J connectivity index is 0.749. The number of hydrogen-bond donors (Lipinski definition) is 3. The number of hydrogen-bond acceptors (Lipinski definition) is 9. The predicted molar refractivity (Wildman–Crippen MR) is 235 cm³/mol. The lowest BCUT2D eigenvalue weighted by atomic mass is 10.00. The van der Waals surface area contributed by atoms with Gasteiger partial charge in [0, 0.05) is 91.7 Å². The number of carbonyl (C=O) groups excluding carboxylic acids is 3. The van der Waals surface area contributed by atoms with E-state index in [0.717, 1.165) is 78.8 Å². The van der Waals surface area contributed by atoms with Crippen LogP contribution in [0.4, 0.5) is 24.5 Å². The molecule has 3 N–H and O–H groups in total. The van der Waals surface area contributed by atoms with E-state index in [-0.39, 0.29) is 36.9 Å². The first-order valence-corrected chi connectivity index (χ1v) is 22.8. The number of alkyl halides is 1. The summed E-state index contributed by atoms with van der Waals surface area (Å²) in [7, 11) is -4.35. The number of ether oxygens (including phenoxy) is 1. The number of nitrogens with one attached hydrogen (secondary N) is 3. The average Bonchev–Trinajstić information content (AvgIpc) is 4.01. The van der Waals surface area contributed by atoms with Crippen LogP contribution in [-0.4, -0.2) is 115 Å². The van der Waals surface area contributed by atoms with E-state index in [1.165, 1.54) is 6.20 Å². The molecule has 3 fully saturated rings. The molecule has 5 aromatic rings. The maximum Gasteiger partial charge on any atom is 0.301 e. The third-order valence-corrected chi connectivity index (χ3v) is 13.9. The molecule has 3 saturated heterocycles. The Morgan fingerprint density at radius 3 is 2.50 bits per heavy atom. The second kappa shape index (κ2) is 17.7. The Bertz CT molecular complexity index is 2760. The molecule has 4 aliphatic heterocycles. The van der Waals surface area contributed by atoms with Crippen molar-refractivity contribution >= 4 is 50.2 Å². The number of piperazine rings is 1. The fourth-order valence-corrected chi connectivity index (χ4v) is 10.1. The van der Waals surface area contributed by atoms with Gasteiger partial charge in [0.1, 0.15) is 29.4 Å². The normalized spacial score (nSPS) is 19.6. The van der Waals surface area contributed by atoms with Crippen molar-refractivity contribution in [3.63, 3.8) is 0 Å². The highest BCUT2D eigenvalue weighted by Gasteiger charge is 2.39. The number of H-pyrrole nitrogens is 1. The van der Waals surface area contributed by atoms with Crippen LogP contribution in [0, 0.1) is 11.6 Å². The van der Waals surface area contributed by atoms with Gasteiger partial charge in [-0.1, -0.05) is 18.7 Å². The fourth-order valence-electron chi connectivity index (χ4n) is 8.87. The third kappa shape index (κ3) is 8.68. The molecule has 1 unspecified atom stereocenters. The van der Waals surface area contributed by atoms with Gasteiger partial charge in [-0.3, -0.25) is 24.0 Å². The summed E-state index contributed by atoms with van der Waals surface area (Å²) in [6.07, 6.45) is 4.64. The molecule has 9 rings (SSSR count). The summed E-state index contributed by atoms with van der Waals surface area (Å²) < 4.78 is 78.9. The molecule has 334 valence electrons. The zero-order chi connectivity index (χ0) is 44.7. The Labute approximate surface area is 368 Å². The van der Waals surface area contributed by atoms with Gasteiger partial charge in [-0.25, -0.2) is 18.2 Å². The van der Waals surface area contributed by atoms with Gasteiger partial charge in [0.05, 0.1) is 17.9 Å².